The Hall–Kier alpha value is -1.71. The second-order valence-electron chi connectivity index (χ2n) is 8.84. The number of halogens is 1. The Bertz CT molecular complexity index is 750. The number of benzene rings is 2. The van der Waals surface area contributed by atoms with E-state index in [-0.39, 0.29) is 11.0 Å². The van der Waals surface area contributed by atoms with Crippen LogP contribution in [0.25, 0.3) is 0 Å². The molecule has 0 saturated heterocycles. The van der Waals surface area contributed by atoms with E-state index in [0.717, 1.165) is 29.0 Å². The fourth-order valence-electron chi connectivity index (χ4n) is 3.53. The average molecular weight is 390 g/mol. The maximum absolute atomic E-state index is 6.14. The van der Waals surface area contributed by atoms with E-state index in [0.29, 0.717) is 18.2 Å². The number of ether oxygens (including phenoxy) is 2. The molecule has 2 rings (SSSR count). The third-order valence-corrected chi connectivity index (χ3v) is 4.52. The number of para-hydroxylation sites is 1. The summed E-state index contributed by atoms with van der Waals surface area (Å²) in [4.78, 5) is 0. The first kappa shape index (κ1) is 21.6. The Balaban J connectivity index is 2.14. The lowest BCUT2D eigenvalue weighted by atomic mass is 9.82. The Labute approximate surface area is 169 Å². The van der Waals surface area contributed by atoms with Gasteiger partial charge in [0, 0.05) is 22.7 Å². The maximum atomic E-state index is 6.14. The molecule has 2 aromatic rings. The topological polar surface area (TPSA) is 30.5 Å². The van der Waals surface area contributed by atoms with Crippen molar-refractivity contribution in [3.63, 3.8) is 0 Å². The predicted octanol–water partition coefficient (Wildman–Crippen LogP) is 6.23. The van der Waals surface area contributed by atoms with E-state index < -0.39 is 0 Å². The maximum Gasteiger partial charge on any atom is 0.166 e. The van der Waals surface area contributed by atoms with Crippen LogP contribution in [-0.4, -0.2) is 12.6 Å². The van der Waals surface area contributed by atoms with Crippen LogP contribution < -0.4 is 14.8 Å². The molecule has 0 heterocycles. The van der Waals surface area contributed by atoms with E-state index in [9.17, 15) is 0 Å². The minimum absolute atomic E-state index is 0.0194. The highest BCUT2D eigenvalue weighted by Gasteiger charge is 2.25. The van der Waals surface area contributed by atoms with Gasteiger partial charge in [-0.05, 0) is 49.4 Å². The van der Waals surface area contributed by atoms with Crippen molar-refractivity contribution in [3.8, 4) is 11.5 Å². The second-order valence-corrected chi connectivity index (χ2v) is 9.28. The molecule has 0 aliphatic heterocycles. The smallest absolute Gasteiger partial charge is 0.166 e. The molecule has 0 spiro atoms. The Kier molecular flexibility index (Phi) is 7.19. The molecule has 1 N–H and O–H groups in total. The minimum atomic E-state index is 0.0194. The zero-order chi connectivity index (χ0) is 20.1. The summed E-state index contributed by atoms with van der Waals surface area (Å²) in [6.07, 6.45) is 1.07. The van der Waals surface area contributed by atoms with Gasteiger partial charge in [-0.25, -0.2) is 0 Å². The summed E-state index contributed by atoms with van der Waals surface area (Å²) < 4.78 is 11.7. The highest BCUT2D eigenvalue weighted by Crippen LogP contribution is 2.33. The lowest BCUT2D eigenvalue weighted by Crippen LogP contribution is -2.41. The summed E-state index contributed by atoms with van der Waals surface area (Å²) in [5.41, 5.74) is 2.39. The van der Waals surface area contributed by atoms with Crippen molar-refractivity contribution >= 4 is 11.6 Å². The summed E-state index contributed by atoms with van der Waals surface area (Å²) in [6, 6.07) is 13.7. The number of hydrogen-bond acceptors (Lipinski definition) is 3. The molecule has 0 fully saturated rings. The molecular formula is C23H32ClNO2. The largest absolute Gasteiger partial charge is 0.493 e. The van der Waals surface area contributed by atoms with Gasteiger partial charge in [-0.15, -0.1) is 0 Å². The SMILES string of the molecule is COc1cccc(CNC(C)(C)CC(C)(C)C)c1OCc1cccc(Cl)c1. The summed E-state index contributed by atoms with van der Waals surface area (Å²) in [5.74, 6) is 1.52. The quantitative estimate of drug-likeness (QED) is 0.580. The Morgan fingerprint density at radius 3 is 2.33 bits per heavy atom. The van der Waals surface area contributed by atoms with Gasteiger partial charge in [-0.2, -0.15) is 0 Å². The molecule has 0 aliphatic carbocycles. The van der Waals surface area contributed by atoms with Gasteiger partial charge in [-0.1, -0.05) is 56.6 Å². The first-order valence-corrected chi connectivity index (χ1v) is 9.76. The van der Waals surface area contributed by atoms with Crippen LogP contribution >= 0.6 is 11.6 Å². The zero-order valence-electron chi connectivity index (χ0n) is 17.4. The van der Waals surface area contributed by atoms with Crippen molar-refractivity contribution in [2.24, 2.45) is 5.41 Å². The standard InChI is InChI=1S/C23H32ClNO2/c1-22(2,3)16-23(4,5)25-14-18-10-8-12-20(26-6)21(18)27-15-17-9-7-11-19(24)13-17/h7-13,25H,14-16H2,1-6H3. The molecule has 0 aromatic heterocycles. The van der Waals surface area contributed by atoms with E-state index >= 15 is 0 Å². The van der Waals surface area contributed by atoms with Crippen LogP contribution in [0.1, 0.15) is 52.2 Å². The molecule has 27 heavy (non-hydrogen) atoms. The molecule has 148 valence electrons. The first-order valence-electron chi connectivity index (χ1n) is 9.38. The van der Waals surface area contributed by atoms with E-state index in [1.165, 1.54) is 0 Å². The number of rotatable bonds is 8. The molecule has 0 unspecified atom stereocenters. The van der Waals surface area contributed by atoms with Crippen LogP contribution in [0.4, 0.5) is 0 Å². The highest BCUT2D eigenvalue weighted by atomic mass is 35.5. The Morgan fingerprint density at radius 1 is 1.00 bits per heavy atom. The summed E-state index contributed by atoms with van der Waals surface area (Å²) in [6.45, 7) is 12.4. The van der Waals surface area contributed by atoms with Gasteiger partial charge >= 0.3 is 0 Å². The summed E-state index contributed by atoms with van der Waals surface area (Å²) in [7, 11) is 1.67. The molecule has 3 nitrogen and oxygen atoms in total. The van der Waals surface area contributed by atoms with Gasteiger partial charge in [0.15, 0.2) is 11.5 Å². The van der Waals surface area contributed by atoms with Crippen LogP contribution in [0.5, 0.6) is 11.5 Å². The van der Waals surface area contributed by atoms with E-state index in [1.807, 2.05) is 36.4 Å². The fourth-order valence-corrected chi connectivity index (χ4v) is 3.74. The second kappa shape index (κ2) is 8.99. The van der Waals surface area contributed by atoms with Crippen molar-refractivity contribution < 1.29 is 9.47 Å². The van der Waals surface area contributed by atoms with Crippen molar-refractivity contribution in [2.75, 3.05) is 7.11 Å². The summed E-state index contributed by atoms with van der Waals surface area (Å²) in [5, 5.41) is 4.38. The molecule has 0 bridgehead atoms. The number of methoxy groups -OCH3 is 1. The van der Waals surface area contributed by atoms with Crippen LogP contribution in [0.2, 0.25) is 5.02 Å². The first-order chi connectivity index (χ1) is 12.6. The van der Waals surface area contributed by atoms with Gasteiger partial charge in [-0.3, -0.25) is 0 Å². The monoisotopic (exact) mass is 389 g/mol. The van der Waals surface area contributed by atoms with E-state index in [2.05, 4.69) is 46.0 Å². The molecule has 0 radical (unpaired) electrons. The molecule has 0 atom stereocenters. The van der Waals surface area contributed by atoms with Gasteiger partial charge in [0.2, 0.25) is 0 Å². The fraction of sp³-hybridized carbons (Fsp3) is 0.478. The van der Waals surface area contributed by atoms with E-state index in [1.54, 1.807) is 7.11 Å². The number of nitrogens with one attached hydrogen (secondary N) is 1. The Morgan fingerprint density at radius 2 is 1.70 bits per heavy atom. The van der Waals surface area contributed by atoms with Gasteiger partial charge in [0.05, 0.1) is 7.11 Å². The van der Waals surface area contributed by atoms with Crippen LogP contribution in [-0.2, 0) is 13.2 Å². The lowest BCUT2D eigenvalue weighted by Gasteiger charge is -2.33. The normalized spacial score (nSPS) is 12.1. The molecule has 0 aliphatic rings. The molecular weight excluding hydrogens is 358 g/mol. The van der Waals surface area contributed by atoms with Crippen molar-refractivity contribution in [1.82, 2.24) is 5.32 Å². The zero-order valence-corrected chi connectivity index (χ0v) is 18.1. The van der Waals surface area contributed by atoms with Gasteiger partial charge in [0.1, 0.15) is 6.61 Å². The van der Waals surface area contributed by atoms with Crippen molar-refractivity contribution in [1.29, 1.82) is 0 Å². The van der Waals surface area contributed by atoms with Crippen LogP contribution in [0.15, 0.2) is 42.5 Å². The summed E-state index contributed by atoms with van der Waals surface area (Å²) >= 11 is 6.08. The third-order valence-electron chi connectivity index (χ3n) is 4.28. The lowest BCUT2D eigenvalue weighted by molar-refractivity contribution is 0.237. The van der Waals surface area contributed by atoms with Crippen LogP contribution in [0.3, 0.4) is 0 Å². The third kappa shape index (κ3) is 7.08. The van der Waals surface area contributed by atoms with Crippen LogP contribution in [0, 0.1) is 5.41 Å². The van der Waals surface area contributed by atoms with Gasteiger partial charge < -0.3 is 14.8 Å². The number of hydrogen-bond donors (Lipinski definition) is 1. The van der Waals surface area contributed by atoms with Gasteiger partial charge in [0.25, 0.3) is 0 Å². The minimum Gasteiger partial charge on any atom is -0.493 e. The molecule has 2 aromatic carbocycles. The predicted molar refractivity (Wildman–Crippen MR) is 114 cm³/mol. The molecule has 0 amide bonds. The highest BCUT2D eigenvalue weighted by molar-refractivity contribution is 6.30. The van der Waals surface area contributed by atoms with Crippen molar-refractivity contribution in [2.45, 2.75) is 59.7 Å². The molecule has 4 heteroatoms. The van der Waals surface area contributed by atoms with Crippen molar-refractivity contribution in [3.05, 3.63) is 58.6 Å². The van der Waals surface area contributed by atoms with E-state index in [4.69, 9.17) is 21.1 Å². The average Bonchev–Trinajstić information content (AvgIpc) is 2.56. The molecule has 0 saturated carbocycles.